The highest BCUT2D eigenvalue weighted by Gasteiger charge is 2.42. The van der Waals surface area contributed by atoms with Crippen LogP contribution in [-0.2, 0) is 23.1 Å². The molecule has 8 heteroatoms. The van der Waals surface area contributed by atoms with Gasteiger partial charge in [-0.15, -0.1) is 0 Å². The lowest BCUT2D eigenvalue weighted by Crippen LogP contribution is -2.46. The van der Waals surface area contributed by atoms with Gasteiger partial charge in [0.05, 0.1) is 18.5 Å². The number of aryl methyl sites for hydroxylation is 2. The van der Waals surface area contributed by atoms with E-state index in [9.17, 15) is 9.59 Å². The molecule has 2 aliphatic rings. The van der Waals surface area contributed by atoms with Crippen molar-refractivity contribution >= 4 is 23.4 Å². The molecule has 48 heavy (non-hydrogen) atoms. The Balaban J connectivity index is 1.00. The highest BCUT2D eigenvalue weighted by atomic mass is 16.5. The molecule has 3 amide bonds. The van der Waals surface area contributed by atoms with Crippen molar-refractivity contribution in [3.8, 4) is 11.4 Å². The number of urea groups is 1. The first-order valence-electron chi connectivity index (χ1n) is 17.3. The number of carbonyl (C=O) groups is 2. The largest absolute Gasteiger partial charge is 0.497 e. The summed E-state index contributed by atoms with van der Waals surface area (Å²) in [6.07, 6.45) is 7.74. The molecule has 0 radical (unpaired) electrons. The number of hydrogen-bond acceptors (Lipinski definition) is 4. The Bertz CT molecular complexity index is 1690. The van der Waals surface area contributed by atoms with Crippen LogP contribution in [0.3, 0.4) is 0 Å². The van der Waals surface area contributed by atoms with Crippen LogP contribution in [0.5, 0.6) is 5.75 Å². The number of piperidine rings is 1. The van der Waals surface area contributed by atoms with Gasteiger partial charge >= 0.3 is 6.03 Å². The molecule has 2 saturated heterocycles. The normalized spacial score (nSPS) is 18.9. The van der Waals surface area contributed by atoms with Crippen molar-refractivity contribution in [2.75, 3.05) is 17.7 Å². The van der Waals surface area contributed by atoms with E-state index in [4.69, 9.17) is 9.84 Å². The molecule has 0 aliphatic carbocycles. The summed E-state index contributed by atoms with van der Waals surface area (Å²) in [5.74, 6) is 2.36. The van der Waals surface area contributed by atoms with Gasteiger partial charge in [0.15, 0.2) is 0 Å². The molecule has 2 aliphatic heterocycles. The van der Waals surface area contributed by atoms with Crippen LogP contribution in [0.4, 0.5) is 16.3 Å². The number of fused-ring (bicyclic) bond motifs is 2. The zero-order valence-corrected chi connectivity index (χ0v) is 29.0. The smallest absolute Gasteiger partial charge is 0.324 e. The fourth-order valence-corrected chi connectivity index (χ4v) is 7.28. The van der Waals surface area contributed by atoms with Gasteiger partial charge < -0.3 is 15.0 Å². The van der Waals surface area contributed by atoms with E-state index < -0.39 is 0 Å². The SMILES string of the molecule is COc1ccc(CCCC(=O)N2C3CCC2CC(Cc2ccc(NC(=O)Nc4cc(C(C)(C)C)nn4-c4ccc(C)cc4)cc2)C3)cc1. The number of methoxy groups -OCH3 is 1. The van der Waals surface area contributed by atoms with Crippen LogP contribution in [-0.4, -0.2) is 45.8 Å². The van der Waals surface area contributed by atoms with Crippen molar-refractivity contribution in [3.63, 3.8) is 0 Å². The molecule has 1 aromatic heterocycles. The Morgan fingerprint density at radius 3 is 2.15 bits per heavy atom. The van der Waals surface area contributed by atoms with Gasteiger partial charge in [0.2, 0.25) is 5.91 Å². The van der Waals surface area contributed by atoms with E-state index in [-0.39, 0.29) is 11.4 Å². The summed E-state index contributed by atoms with van der Waals surface area (Å²) in [5.41, 5.74) is 6.04. The summed E-state index contributed by atoms with van der Waals surface area (Å²) in [6, 6.07) is 26.8. The van der Waals surface area contributed by atoms with E-state index in [1.165, 1.54) is 11.1 Å². The summed E-state index contributed by atoms with van der Waals surface area (Å²) < 4.78 is 7.04. The standard InChI is InChI=1S/C40H49N5O3/c1-27-9-17-32(18-10-27)45-37(26-36(43-45)40(2,3)4)42-39(47)41-31-15-11-29(12-16-31)23-30-24-33-19-20-34(25-30)44(33)38(46)8-6-7-28-13-21-35(48-5)22-14-28/h9-18,21-22,26,30,33-34H,6-8,19-20,23-25H2,1-5H3,(H2,41,42,47). The lowest BCUT2D eigenvalue weighted by molar-refractivity contribution is -0.136. The zero-order chi connectivity index (χ0) is 33.8. The molecule has 2 atom stereocenters. The summed E-state index contributed by atoms with van der Waals surface area (Å²) >= 11 is 0. The highest BCUT2D eigenvalue weighted by molar-refractivity contribution is 5.99. The Kier molecular flexibility index (Phi) is 9.90. The monoisotopic (exact) mass is 647 g/mol. The molecule has 0 spiro atoms. The van der Waals surface area contributed by atoms with E-state index in [1.807, 2.05) is 54.6 Å². The van der Waals surface area contributed by atoms with Crippen LogP contribution in [0.15, 0.2) is 78.9 Å². The second-order valence-electron chi connectivity index (χ2n) is 14.6. The number of aromatic nitrogens is 2. The number of amides is 3. The van der Waals surface area contributed by atoms with E-state index in [2.05, 4.69) is 67.5 Å². The van der Waals surface area contributed by atoms with Crippen molar-refractivity contribution in [2.45, 2.75) is 96.6 Å². The third-order valence-corrected chi connectivity index (χ3v) is 9.87. The first-order valence-corrected chi connectivity index (χ1v) is 17.3. The van der Waals surface area contributed by atoms with Gasteiger partial charge in [-0.1, -0.05) is 62.7 Å². The molecule has 0 saturated carbocycles. The number of nitrogens with one attached hydrogen (secondary N) is 2. The number of ether oxygens (including phenoxy) is 1. The van der Waals surface area contributed by atoms with Crippen molar-refractivity contribution in [3.05, 3.63) is 101 Å². The summed E-state index contributed by atoms with van der Waals surface area (Å²) in [4.78, 5) is 28.6. The average molecular weight is 648 g/mol. The van der Waals surface area contributed by atoms with Gasteiger partial charge in [-0.25, -0.2) is 9.48 Å². The number of rotatable bonds is 10. The van der Waals surface area contributed by atoms with Gasteiger partial charge in [-0.3, -0.25) is 10.1 Å². The van der Waals surface area contributed by atoms with E-state index in [0.29, 0.717) is 36.1 Å². The lowest BCUT2D eigenvalue weighted by atomic mass is 9.85. The van der Waals surface area contributed by atoms with Crippen molar-refractivity contribution in [1.82, 2.24) is 14.7 Å². The van der Waals surface area contributed by atoms with Crippen LogP contribution in [0.2, 0.25) is 0 Å². The highest BCUT2D eigenvalue weighted by Crippen LogP contribution is 2.40. The maximum atomic E-state index is 13.3. The van der Waals surface area contributed by atoms with Crippen LogP contribution >= 0.6 is 0 Å². The van der Waals surface area contributed by atoms with E-state index in [1.54, 1.807) is 11.8 Å². The fraction of sp³-hybridized carbons (Fsp3) is 0.425. The van der Waals surface area contributed by atoms with Crippen LogP contribution in [0.1, 0.15) is 81.7 Å². The predicted molar refractivity (Wildman–Crippen MR) is 192 cm³/mol. The zero-order valence-electron chi connectivity index (χ0n) is 29.0. The maximum absolute atomic E-state index is 13.3. The second-order valence-corrected chi connectivity index (χ2v) is 14.6. The predicted octanol–water partition coefficient (Wildman–Crippen LogP) is 8.47. The van der Waals surface area contributed by atoms with Crippen LogP contribution in [0.25, 0.3) is 5.69 Å². The minimum atomic E-state index is -0.311. The molecule has 2 fully saturated rings. The molecular formula is C40H49N5O3. The van der Waals surface area contributed by atoms with E-state index in [0.717, 1.165) is 73.3 Å². The molecule has 4 aromatic rings. The van der Waals surface area contributed by atoms with Crippen molar-refractivity contribution in [1.29, 1.82) is 0 Å². The number of anilines is 2. The first kappa shape index (κ1) is 33.3. The Morgan fingerprint density at radius 2 is 1.52 bits per heavy atom. The second kappa shape index (κ2) is 14.3. The summed E-state index contributed by atoms with van der Waals surface area (Å²) in [6.45, 7) is 8.38. The lowest BCUT2D eigenvalue weighted by Gasteiger charge is -2.39. The Morgan fingerprint density at radius 1 is 0.875 bits per heavy atom. The topological polar surface area (TPSA) is 88.5 Å². The maximum Gasteiger partial charge on any atom is 0.324 e. The first-order chi connectivity index (χ1) is 23.1. The summed E-state index contributed by atoms with van der Waals surface area (Å²) in [7, 11) is 1.68. The number of hydrogen-bond donors (Lipinski definition) is 2. The van der Waals surface area contributed by atoms with Gasteiger partial charge in [0.1, 0.15) is 11.6 Å². The number of carbonyl (C=O) groups excluding carboxylic acids is 2. The molecule has 252 valence electrons. The molecule has 6 rings (SSSR count). The molecule has 2 N–H and O–H groups in total. The molecule has 2 bridgehead atoms. The minimum absolute atomic E-state index is 0.164. The molecular weight excluding hydrogens is 598 g/mol. The third kappa shape index (κ3) is 7.92. The Labute approximate surface area is 284 Å². The number of benzene rings is 3. The fourth-order valence-electron chi connectivity index (χ4n) is 7.28. The Hall–Kier alpha value is -4.59. The van der Waals surface area contributed by atoms with Gasteiger partial charge in [-0.05, 0) is 105 Å². The van der Waals surface area contributed by atoms with Crippen molar-refractivity contribution in [2.24, 2.45) is 5.92 Å². The van der Waals surface area contributed by atoms with Crippen LogP contribution in [0, 0.1) is 12.8 Å². The minimum Gasteiger partial charge on any atom is -0.497 e. The van der Waals surface area contributed by atoms with Crippen molar-refractivity contribution < 1.29 is 14.3 Å². The molecule has 3 heterocycles. The van der Waals surface area contributed by atoms with Gasteiger partial charge in [0.25, 0.3) is 0 Å². The third-order valence-electron chi connectivity index (χ3n) is 9.87. The van der Waals surface area contributed by atoms with Crippen LogP contribution < -0.4 is 15.4 Å². The molecule has 2 unspecified atom stereocenters. The molecule has 3 aromatic carbocycles. The quantitative estimate of drug-likeness (QED) is 0.181. The molecule has 8 nitrogen and oxygen atoms in total. The van der Waals surface area contributed by atoms with Gasteiger partial charge in [-0.2, -0.15) is 5.10 Å². The van der Waals surface area contributed by atoms with Gasteiger partial charge in [0, 0.05) is 35.7 Å². The number of nitrogens with zero attached hydrogens (tertiary/aromatic N) is 3. The summed E-state index contributed by atoms with van der Waals surface area (Å²) in [5, 5.41) is 10.8. The van der Waals surface area contributed by atoms with E-state index >= 15 is 0 Å². The average Bonchev–Trinajstić information content (AvgIpc) is 3.61.